The molecular formula is C23H26BNO3. The Morgan fingerprint density at radius 2 is 1.14 bits per heavy atom. The highest BCUT2D eigenvalue weighted by Crippen LogP contribution is 2.36. The fourth-order valence-corrected chi connectivity index (χ4v) is 3.38. The highest BCUT2D eigenvalue weighted by atomic mass is 16.7. The van der Waals surface area contributed by atoms with Crippen LogP contribution >= 0.6 is 0 Å². The maximum absolute atomic E-state index is 10.7. The van der Waals surface area contributed by atoms with Crippen molar-refractivity contribution in [3.05, 3.63) is 66.2 Å². The van der Waals surface area contributed by atoms with Crippen LogP contribution in [0.5, 0.6) is 0 Å². The summed E-state index contributed by atoms with van der Waals surface area (Å²) in [6.45, 7) is 10.2. The summed E-state index contributed by atoms with van der Waals surface area (Å²) in [5.74, 6) is 0. The second-order valence-corrected chi connectivity index (χ2v) is 8.49. The lowest BCUT2D eigenvalue weighted by molar-refractivity contribution is 0.00578. The molecule has 5 heteroatoms. The van der Waals surface area contributed by atoms with Crippen molar-refractivity contribution in [1.29, 1.82) is 0 Å². The molecule has 1 fully saturated rings. The summed E-state index contributed by atoms with van der Waals surface area (Å²) >= 11 is 0. The molecule has 0 bridgehead atoms. The third-order valence-corrected chi connectivity index (χ3v) is 5.93. The van der Waals surface area contributed by atoms with E-state index in [2.05, 4.69) is 6.92 Å². The first-order chi connectivity index (χ1) is 13.2. The molecule has 28 heavy (non-hydrogen) atoms. The minimum absolute atomic E-state index is 0.362. The van der Waals surface area contributed by atoms with Gasteiger partial charge in [-0.05, 0) is 52.2 Å². The summed E-state index contributed by atoms with van der Waals surface area (Å²) < 4.78 is 13.5. The zero-order valence-corrected chi connectivity index (χ0v) is 17.1. The molecule has 1 aliphatic heterocycles. The van der Waals surface area contributed by atoms with E-state index in [9.17, 15) is 5.21 Å². The van der Waals surface area contributed by atoms with E-state index in [0.29, 0.717) is 0 Å². The van der Waals surface area contributed by atoms with Crippen LogP contribution in [0.4, 0.5) is 0 Å². The van der Waals surface area contributed by atoms with Gasteiger partial charge < -0.3 is 14.5 Å². The van der Waals surface area contributed by atoms with Crippen LogP contribution in [-0.4, -0.2) is 28.3 Å². The lowest BCUT2D eigenvalue weighted by atomic mass is 9.79. The lowest BCUT2D eigenvalue weighted by Gasteiger charge is -2.32. The molecule has 0 radical (unpaired) electrons. The largest absolute Gasteiger partial charge is 0.494 e. The van der Waals surface area contributed by atoms with Crippen LogP contribution in [0.3, 0.4) is 0 Å². The van der Waals surface area contributed by atoms with Gasteiger partial charge in [0.05, 0.1) is 22.6 Å². The molecule has 1 aromatic heterocycles. The minimum atomic E-state index is -0.386. The molecule has 0 amide bonds. The smallest absolute Gasteiger partial charge is 0.428 e. The van der Waals surface area contributed by atoms with Gasteiger partial charge in [0.1, 0.15) is 0 Å². The molecule has 0 saturated carbocycles. The van der Waals surface area contributed by atoms with Crippen molar-refractivity contribution < 1.29 is 14.5 Å². The summed E-state index contributed by atoms with van der Waals surface area (Å²) in [5.41, 5.74) is 4.86. The monoisotopic (exact) mass is 375 g/mol. The molecule has 1 aliphatic rings. The van der Waals surface area contributed by atoms with Crippen molar-refractivity contribution in [3.63, 3.8) is 0 Å². The summed E-state index contributed by atoms with van der Waals surface area (Å²) in [6, 6.07) is 19.9. The van der Waals surface area contributed by atoms with Crippen LogP contribution < -0.4 is 5.46 Å². The van der Waals surface area contributed by atoms with E-state index in [1.807, 2.05) is 88.4 Å². The molecule has 0 spiro atoms. The third kappa shape index (κ3) is 3.15. The molecular weight excluding hydrogens is 349 g/mol. The van der Waals surface area contributed by atoms with Crippen LogP contribution in [0.25, 0.3) is 22.5 Å². The van der Waals surface area contributed by atoms with Gasteiger partial charge in [-0.1, -0.05) is 54.1 Å². The molecule has 2 heterocycles. The van der Waals surface area contributed by atoms with Gasteiger partial charge >= 0.3 is 7.12 Å². The first kappa shape index (κ1) is 18.8. The molecule has 0 atom stereocenters. The number of benzene rings is 2. The standard InChI is InChI=1S/C23H26BNO3/c1-16-6-8-17(9-7-16)20-14-15-21(25(20)26)18-10-12-19(13-11-18)24-27-22(2,3)23(4,5)28-24/h6-15,26H,1-5H3. The molecule has 4 rings (SSSR count). The van der Waals surface area contributed by atoms with Gasteiger partial charge in [0.2, 0.25) is 0 Å². The van der Waals surface area contributed by atoms with E-state index >= 15 is 0 Å². The van der Waals surface area contributed by atoms with Crippen molar-refractivity contribution in [2.45, 2.75) is 45.8 Å². The fourth-order valence-electron chi connectivity index (χ4n) is 3.38. The van der Waals surface area contributed by atoms with E-state index in [1.54, 1.807) is 0 Å². The van der Waals surface area contributed by atoms with Gasteiger partial charge in [-0.2, -0.15) is 4.73 Å². The molecule has 4 nitrogen and oxygen atoms in total. The maximum Gasteiger partial charge on any atom is 0.494 e. The zero-order chi connectivity index (χ0) is 20.1. The average Bonchev–Trinajstić information content (AvgIpc) is 3.12. The van der Waals surface area contributed by atoms with E-state index in [1.165, 1.54) is 10.3 Å². The number of hydrogen-bond acceptors (Lipinski definition) is 3. The molecule has 0 aliphatic carbocycles. The Bertz CT molecular complexity index is 972. The molecule has 0 unspecified atom stereocenters. The van der Waals surface area contributed by atoms with Gasteiger partial charge in [0.25, 0.3) is 0 Å². The topological polar surface area (TPSA) is 43.6 Å². The average molecular weight is 375 g/mol. The molecule has 3 aromatic rings. The Morgan fingerprint density at radius 1 is 0.714 bits per heavy atom. The molecule has 2 aromatic carbocycles. The number of aryl methyl sites for hydroxylation is 1. The predicted molar refractivity (Wildman–Crippen MR) is 113 cm³/mol. The summed E-state index contributed by atoms with van der Waals surface area (Å²) in [7, 11) is -0.386. The quantitative estimate of drug-likeness (QED) is 0.535. The highest BCUT2D eigenvalue weighted by molar-refractivity contribution is 6.62. The van der Waals surface area contributed by atoms with E-state index in [0.717, 1.165) is 28.0 Å². The minimum Gasteiger partial charge on any atom is -0.428 e. The molecule has 1 N–H and O–H groups in total. The first-order valence-corrected chi connectivity index (χ1v) is 9.62. The first-order valence-electron chi connectivity index (χ1n) is 9.62. The Balaban J connectivity index is 1.59. The Morgan fingerprint density at radius 3 is 1.61 bits per heavy atom. The SMILES string of the molecule is Cc1ccc(-c2ccc(-c3ccc(B4OC(C)(C)C(C)(C)O4)cc3)n2O)cc1. The van der Waals surface area contributed by atoms with Gasteiger partial charge in [-0.3, -0.25) is 0 Å². The van der Waals surface area contributed by atoms with Gasteiger partial charge in [-0.15, -0.1) is 0 Å². The fraction of sp³-hybridized carbons (Fsp3) is 0.304. The van der Waals surface area contributed by atoms with Crippen LogP contribution in [0, 0.1) is 6.92 Å². The Kier molecular flexibility index (Phi) is 4.40. The number of rotatable bonds is 3. The summed E-state index contributed by atoms with van der Waals surface area (Å²) in [5, 5.41) is 10.7. The molecule has 144 valence electrons. The van der Waals surface area contributed by atoms with E-state index in [-0.39, 0.29) is 18.3 Å². The second-order valence-electron chi connectivity index (χ2n) is 8.49. The van der Waals surface area contributed by atoms with E-state index < -0.39 is 0 Å². The zero-order valence-electron chi connectivity index (χ0n) is 17.1. The third-order valence-electron chi connectivity index (χ3n) is 5.93. The lowest BCUT2D eigenvalue weighted by Crippen LogP contribution is -2.41. The highest BCUT2D eigenvalue weighted by Gasteiger charge is 2.51. The van der Waals surface area contributed by atoms with Crippen molar-refractivity contribution in [1.82, 2.24) is 4.73 Å². The maximum atomic E-state index is 10.7. The summed E-state index contributed by atoms with van der Waals surface area (Å²) in [6.07, 6.45) is 0. The number of aromatic nitrogens is 1. The Hall–Kier alpha value is -2.50. The second kappa shape index (κ2) is 6.54. The predicted octanol–water partition coefficient (Wildman–Crippen LogP) is 4.67. The number of nitrogens with zero attached hydrogens (tertiary/aromatic N) is 1. The number of hydrogen-bond donors (Lipinski definition) is 1. The van der Waals surface area contributed by atoms with Crippen LogP contribution in [-0.2, 0) is 9.31 Å². The van der Waals surface area contributed by atoms with Crippen molar-refractivity contribution in [2.24, 2.45) is 0 Å². The van der Waals surface area contributed by atoms with E-state index in [4.69, 9.17) is 9.31 Å². The Labute approximate surface area is 166 Å². The van der Waals surface area contributed by atoms with Gasteiger partial charge in [0.15, 0.2) is 0 Å². The van der Waals surface area contributed by atoms with Crippen LogP contribution in [0.15, 0.2) is 60.7 Å². The van der Waals surface area contributed by atoms with Gasteiger partial charge in [-0.25, -0.2) is 0 Å². The van der Waals surface area contributed by atoms with Crippen LogP contribution in [0.2, 0.25) is 0 Å². The van der Waals surface area contributed by atoms with Crippen molar-refractivity contribution in [3.8, 4) is 22.5 Å². The molecule has 1 saturated heterocycles. The van der Waals surface area contributed by atoms with Gasteiger partial charge in [0, 0.05) is 11.1 Å². The summed E-state index contributed by atoms with van der Waals surface area (Å²) in [4.78, 5) is 0. The van der Waals surface area contributed by atoms with Crippen molar-refractivity contribution in [2.75, 3.05) is 0 Å². The van der Waals surface area contributed by atoms with Crippen LogP contribution in [0.1, 0.15) is 33.3 Å². The van der Waals surface area contributed by atoms with Crippen molar-refractivity contribution >= 4 is 12.6 Å². The normalized spacial score (nSPS) is 17.8.